The molecule has 3 aromatic heterocycles. The molecular weight excluding hydrogens is 651 g/mol. The minimum absolute atomic E-state index is 0.723. The van der Waals surface area contributed by atoms with E-state index >= 15 is 0 Å². The van der Waals surface area contributed by atoms with Crippen LogP contribution < -0.4 is 0 Å². The second kappa shape index (κ2) is 11.6. The van der Waals surface area contributed by atoms with Gasteiger partial charge in [-0.1, -0.05) is 121 Å². The van der Waals surface area contributed by atoms with Crippen molar-refractivity contribution in [3.8, 4) is 39.5 Å². The van der Waals surface area contributed by atoms with Crippen LogP contribution in [0.1, 0.15) is 17.5 Å². The van der Waals surface area contributed by atoms with Crippen LogP contribution in [0, 0.1) is 0 Å². The minimum atomic E-state index is 0.723. The van der Waals surface area contributed by atoms with Crippen LogP contribution in [0.25, 0.3) is 98.4 Å². The average molecular weight is 682 g/mol. The Morgan fingerprint density at radius 2 is 1.21 bits per heavy atom. The third-order valence-corrected chi connectivity index (χ3v) is 11.9. The monoisotopic (exact) mass is 681 g/mol. The number of thiophene rings is 1. The van der Waals surface area contributed by atoms with Crippen LogP contribution in [0.2, 0.25) is 0 Å². The molecule has 1 aliphatic rings. The number of aryl methyl sites for hydroxylation is 1. The van der Waals surface area contributed by atoms with E-state index in [2.05, 4.69) is 168 Å². The Morgan fingerprint density at radius 3 is 2.06 bits per heavy atom. The van der Waals surface area contributed by atoms with E-state index in [4.69, 9.17) is 9.97 Å². The number of para-hydroxylation sites is 2. The van der Waals surface area contributed by atoms with Crippen molar-refractivity contribution >= 4 is 70.3 Å². The van der Waals surface area contributed by atoms with Crippen molar-refractivity contribution in [2.45, 2.75) is 12.8 Å². The third kappa shape index (κ3) is 4.44. The smallest absolute Gasteiger partial charge is 0.160 e. The lowest BCUT2D eigenvalue weighted by Gasteiger charge is -2.16. The first kappa shape index (κ1) is 29.4. The predicted octanol–water partition coefficient (Wildman–Crippen LogP) is 13.1. The summed E-state index contributed by atoms with van der Waals surface area (Å²) in [6.45, 7) is 0. The molecule has 0 unspecified atom stereocenters. The van der Waals surface area contributed by atoms with Gasteiger partial charge in [-0.15, -0.1) is 11.3 Å². The lowest BCUT2D eigenvalue weighted by atomic mass is 9.89. The first-order valence-electron chi connectivity index (χ1n) is 17.9. The van der Waals surface area contributed by atoms with Gasteiger partial charge in [0, 0.05) is 48.4 Å². The molecule has 0 saturated carbocycles. The molecule has 11 rings (SSSR count). The molecule has 7 aromatic carbocycles. The Bertz CT molecular complexity index is 3040. The van der Waals surface area contributed by atoms with Crippen LogP contribution in [0.3, 0.4) is 0 Å². The van der Waals surface area contributed by atoms with Gasteiger partial charge in [0.25, 0.3) is 0 Å². The molecule has 0 aliphatic heterocycles. The van der Waals surface area contributed by atoms with Crippen molar-refractivity contribution in [1.29, 1.82) is 0 Å². The number of hydrogen-bond donors (Lipinski definition) is 0. The zero-order valence-corrected chi connectivity index (χ0v) is 29.1. The molecule has 0 bridgehead atoms. The fourth-order valence-corrected chi connectivity index (χ4v) is 9.57. The number of nitrogens with zero attached hydrogens (tertiary/aromatic N) is 3. The van der Waals surface area contributed by atoms with E-state index in [1.54, 1.807) is 0 Å². The van der Waals surface area contributed by atoms with Crippen LogP contribution in [-0.2, 0) is 6.42 Å². The summed E-state index contributed by atoms with van der Waals surface area (Å²) in [5.74, 6) is 0.723. The van der Waals surface area contributed by atoms with E-state index in [1.807, 2.05) is 11.3 Å². The maximum absolute atomic E-state index is 5.23. The molecule has 4 heteroatoms. The maximum Gasteiger partial charge on any atom is 0.160 e. The number of rotatable bonds is 4. The highest BCUT2D eigenvalue weighted by atomic mass is 32.1. The molecule has 0 amide bonds. The number of allylic oxidation sites excluding steroid dienone is 1. The van der Waals surface area contributed by atoms with E-state index in [-0.39, 0.29) is 0 Å². The first-order valence-corrected chi connectivity index (χ1v) is 18.7. The standard InChI is InChI=1S/C48H31N3S/c1-2-12-30(13-3-1)31-22-24-32(25-23-31)45-37-16-6-9-19-40(37)49-48(50-45)33-26-28-34(29-27-33)51-41-20-10-7-17-38(41)43-35-14-4-5-15-36(35)44-39-18-8-11-21-42(39)52-47(44)46(43)51/h1-4,6-14,16-29H,5,15H2. The summed E-state index contributed by atoms with van der Waals surface area (Å²) >= 11 is 1.92. The van der Waals surface area contributed by atoms with Crippen molar-refractivity contribution in [2.24, 2.45) is 0 Å². The van der Waals surface area contributed by atoms with Gasteiger partial charge in [0.05, 0.1) is 26.9 Å². The highest BCUT2D eigenvalue weighted by Crippen LogP contribution is 2.48. The van der Waals surface area contributed by atoms with Crippen molar-refractivity contribution < 1.29 is 0 Å². The fraction of sp³-hybridized carbons (Fsp3) is 0.0417. The van der Waals surface area contributed by atoms with Crippen LogP contribution in [-0.4, -0.2) is 14.5 Å². The zero-order valence-electron chi connectivity index (χ0n) is 28.3. The number of fused-ring (bicyclic) bond motifs is 11. The maximum atomic E-state index is 5.23. The van der Waals surface area contributed by atoms with Crippen molar-refractivity contribution in [3.05, 3.63) is 169 Å². The highest BCUT2D eigenvalue weighted by molar-refractivity contribution is 7.26. The van der Waals surface area contributed by atoms with Crippen molar-refractivity contribution in [2.75, 3.05) is 0 Å². The summed E-state index contributed by atoms with van der Waals surface area (Å²) in [5, 5.41) is 6.48. The van der Waals surface area contributed by atoms with E-state index in [9.17, 15) is 0 Å². The molecule has 10 aromatic rings. The topological polar surface area (TPSA) is 30.7 Å². The molecule has 0 spiro atoms. The quantitative estimate of drug-likeness (QED) is 0.185. The van der Waals surface area contributed by atoms with Gasteiger partial charge in [0.2, 0.25) is 0 Å². The minimum Gasteiger partial charge on any atom is -0.308 e. The lowest BCUT2D eigenvalue weighted by Crippen LogP contribution is -1.99. The molecule has 0 fully saturated rings. The van der Waals surface area contributed by atoms with E-state index < -0.39 is 0 Å². The molecule has 0 radical (unpaired) electrons. The summed E-state index contributed by atoms with van der Waals surface area (Å²) in [7, 11) is 0. The average Bonchev–Trinajstić information content (AvgIpc) is 3.78. The van der Waals surface area contributed by atoms with Gasteiger partial charge in [-0.2, -0.15) is 0 Å². The van der Waals surface area contributed by atoms with Crippen LogP contribution >= 0.6 is 11.3 Å². The molecule has 52 heavy (non-hydrogen) atoms. The van der Waals surface area contributed by atoms with E-state index in [0.29, 0.717) is 0 Å². The molecular formula is C48H31N3S. The molecule has 3 heterocycles. The highest BCUT2D eigenvalue weighted by Gasteiger charge is 2.25. The second-order valence-electron chi connectivity index (χ2n) is 13.6. The molecule has 0 saturated heterocycles. The molecule has 244 valence electrons. The third-order valence-electron chi connectivity index (χ3n) is 10.7. The molecule has 3 nitrogen and oxygen atoms in total. The van der Waals surface area contributed by atoms with Gasteiger partial charge in [-0.25, -0.2) is 9.97 Å². The Hall–Kier alpha value is -6.36. The first-order chi connectivity index (χ1) is 25.8. The summed E-state index contributed by atoms with van der Waals surface area (Å²) in [6, 6.07) is 54.2. The fourth-order valence-electron chi connectivity index (χ4n) is 8.30. The zero-order chi connectivity index (χ0) is 34.2. The molecule has 0 atom stereocenters. The largest absolute Gasteiger partial charge is 0.308 e. The van der Waals surface area contributed by atoms with E-state index in [0.717, 1.165) is 52.1 Å². The van der Waals surface area contributed by atoms with Gasteiger partial charge in [0.1, 0.15) is 0 Å². The van der Waals surface area contributed by atoms with Gasteiger partial charge >= 0.3 is 0 Å². The van der Waals surface area contributed by atoms with Gasteiger partial charge in [-0.3, -0.25) is 0 Å². The second-order valence-corrected chi connectivity index (χ2v) is 14.7. The number of aromatic nitrogens is 3. The van der Waals surface area contributed by atoms with Crippen LogP contribution in [0.4, 0.5) is 0 Å². The van der Waals surface area contributed by atoms with Crippen molar-refractivity contribution in [3.63, 3.8) is 0 Å². The normalized spacial score (nSPS) is 12.8. The van der Waals surface area contributed by atoms with Gasteiger partial charge in [0.15, 0.2) is 5.82 Å². The summed E-state index contributed by atoms with van der Waals surface area (Å²) in [6.07, 6.45) is 6.86. The summed E-state index contributed by atoms with van der Waals surface area (Å²) in [5.41, 5.74) is 12.8. The predicted molar refractivity (Wildman–Crippen MR) is 220 cm³/mol. The molecule has 1 aliphatic carbocycles. The summed E-state index contributed by atoms with van der Waals surface area (Å²) < 4.78 is 5.19. The van der Waals surface area contributed by atoms with E-state index in [1.165, 1.54) is 64.2 Å². The Balaban J connectivity index is 1.09. The number of hydrogen-bond acceptors (Lipinski definition) is 3. The lowest BCUT2D eigenvalue weighted by molar-refractivity contribution is 1.00. The number of benzene rings is 7. The van der Waals surface area contributed by atoms with Crippen molar-refractivity contribution in [1.82, 2.24) is 14.5 Å². The Morgan fingerprint density at radius 1 is 0.538 bits per heavy atom. The Kier molecular flexibility index (Phi) is 6.55. The Labute approximate surface area is 304 Å². The van der Waals surface area contributed by atoms with Crippen LogP contribution in [0.15, 0.2) is 158 Å². The summed E-state index contributed by atoms with van der Waals surface area (Å²) in [4.78, 5) is 10.3. The van der Waals surface area contributed by atoms with Crippen LogP contribution in [0.5, 0.6) is 0 Å². The van der Waals surface area contributed by atoms with Gasteiger partial charge in [-0.05, 0) is 77.6 Å². The molecule has 0 N–H and O–H groups in total. The van der Waals surface area contributed by atoms with Gasteiger partial charge < -0.3 is 4.57 Å². The SMILES string of the molecule is C1=Cc2c(c3c4ccccc4sc3c3c2c2ccccc2n3-c2ccc(-c3nc(-c4ccc(-c5ccccc5)cc4)c4ccccc4n3)cc2)CC1.